The number of rotatable bonds is 3. The van der Waals surface area contributed by atoms with Crippen molar-refractivity contribution in [2.45, 2.75) is 30.0 Å². The number of hydrogen-bond acceptors (Lipinski definition) is 4. The van der Waals surface area contributed by atoms with Crippen molar-refractivity contribution in [3.63, 3.8) is 0 Å². The third kappa shape index (κ3) is 5.01. The summed E-state index contributed by atoms with van der Waals surface area (Å²) in [5, 5.41) is 3.99. The van der Waals surface area contributed by atoms with Gasteiger partial charge in [-0.25, -0.2) is 0 Å². The first-order valence-electron chi connectivity index (χ1n) is 11.5. The van der Waals surface area contributed by atoms with Crippen LogP contribution in [0.2, 0.25) is 5.02 Å². The van der Waals surface area contributed by atoms with E-state index in [-0.39, 0.29) is 16.6 Å². The van der Waals surface area contributed by atoms with Gasteiger partial charge in [0.2, 0.25) is 0 Å². The molecule has 3 aliphatic heterocycles. The Balaban J connectivity index is 1.30. The Morgan fingerprint density at radius 2 is 1.89 bits per heavy atom. The molecule has 1 unspecified atom stereocenters. The second kappa shape index (κ2) is 9.89. The number of alkyl halides is 4. The van der Waals surface area contributed by atoms with E-state index < -0.39 is 17.6 Å². The summed E-state index contributed by atoms with van der Waals surface area (Å²) in [6, 6.07) is 12.0. The van der Waals surface area contributed by atoms with Crippen LogP contribution < -0.4 is 5.32 Å². The molecule has 0 bridgehead atoms. The summed E-state index contributed by atoms with van der Waals surface area (Å²) in [4.78, 5) is 26.0. The fourth-order valence-corrected chi connectivity index (χ4v) is 5.15. The maximum atomic E-state index is 13.0. The number of carbonyl (C=O) groups is 1. The Morgan fingerprint density at radius 3 is 2.61 bits per heavy atom. The predicted molar refractivity (Wildman–Crippen MR) is 137 cm³/mol. The summed E-state index contributed by atoms with van der Waals surface area (Å²) >= 11 is 10.1. The zero-order valence-corrected chi connectivity index (χ0v) is 21.3. The van der Waals surface area contributed by atoms with E-state index >= 15 is 0 Å². The SMILES string of the molecule is O=C(c1cccc(C(F)(F)F)c1)N1CCC(N=C2NC(c3ccccc3Cl)=CN3C2=NCC3Br)CC1. The minimum atomic E-state index is -4.49. The van der Waals surface area contributed by atoms with E-state index in [1.807, 2.05) is 35.4 Å². The molecule has 0 saturated carbocycles. The Hall–Kier alpha value is -2.85. The van der Waals surface area contributed by atoms with Crippen LogP contribution in [0.15, 0.2) is 64.7 Å². The molecule has 0 aliphatic carbocycles. The van der Waals surface area contributed by atoms with Gasteiger partial charge in [0, 0.05) is 35.4 Å². The lowest BCUT2D eigenvalue weighted by Crippen LogP contribution is -2.46. The summed E-state index contributed by atoms with van der Waals surface area (Å²) < 4.78 is 39.1. The van der Waals surface area contributed by atoms with Gasteiger partial charge in [0.1, 0.15) is 4.95 Å². The van der Waals surface area contributed by atoms with E-state index in [1.54, 1.807) is 4.90 Å². The number of benzene rings is 2. The second-order valence-electron chi connectivity index (χ2n) is 8.73. The molecule has 6 nitrogen and oxygen atoms in total. The highest BCUT2D eigenvalue weighted by Gasteiger charge is 2.34. The lowest BCUT2D eigenvalue weighted by Gasteiger charge is -2.33. The van der Waals surface area contributed by atoms with E-state index in [4.69, 9.17) is 16.6 Å². The Morgan fingerprint density at radius 1 is 1.14 bits per heavy atom. The van der Waals surface area contributed by atoms with E-state index in [0.29, 0.717) is 43.3 Å². The maximum absolute atomic E-state index is 13.0. The van der Waals surface area contributed by atoms with Crippen molar-refractivity contribution < 1.29 is 18.0 Å². The standard InChI is InChI=1S/C25H22BrClF3N5O/c26-21-13-31-23-22(33-20(14-35(21)23)18-6-1-2-7-19(18)27)32-17-8-10-34(11-9-17)24(36)15-4-3-5-16(12-15)25(28,29)30/h1-7,12,14,17,21H,8-11,13H2,(H,32,33). The predicted octanol–water partition coefficient (Wildman–Crippen LogP) is 5.40. The average Bonchev–Trinajstić information content (AvgIpc) is 3.25. The molecule has 0 radical (unpaired) electrons. The molecule has 0 spiro atoms. The van der Waals surface area contributed by atoms with Gasteiger partial charge in [0.15, 0.2) is 11.7 Å². The Labute approximate surface area is 219 Å². The topological polar surface area (TPSA) is 60.3 Å². The van der Waals surface area contributed by atoms with Crippen molar-refractivity contribution in [3.8, 4) is 0 Å². The first-order valence-corrected chi connectivity index (χ1v) is 12.8. The highest BCUT2D eigenvalue weighted by Crippen LogP contribution is 2.31. The highest BCUT2D eigenvalue weighted by molar-refractivity contribution is 9.09. The van der Waals surface area contributed by atoms with Crippen molar-refractivity contribution in [2.24, 2.45) is 9.98 Å². The summed E-state index contributed by atoms with van der Waals surface area (Å²) in [6.45, 7) is 1.38. The van der Waals surface area contributed by atoms with E-state index in [2.05, 4.69) is 26.2 Å². The summed E-state index contributed by atoms with van der Waals surface area (Å²) in [5.41, 5.74) is 0.866. The van der Waals surface area contributed by atoms with Gasteiger partial charge >= 0.3 is 6.18 Å². The number of fused-ring (bicyclic) bond motifs is 1. The van der Waals surface area contributed by atoms with Crippen molar-refractivity contribution in [1.29, 1.82) is 0 Å². The van der Waals surface area contributed by atoms with Crippen LogP contribution >= 0.6 is 27.5 Å². The quantitative estimate of drug-likeness (QED) is 0.391. The van der Waals surface area contributed by atoms with Crippen LogP contribution in [0.5, 0.6) is 0 Å². The molecule has 1 atom stereocenters. The molecule has 2 aromatic rings. The number of piperidine rings is 1. The largest absolute Gasteiger partial charge is 0.416 e. The molecule has 11 heteroatoms. The molecule has 5 rings (SSSR count). The lowest BCUT2D eigenvalue weighted by atomic mass is 10.0. The maximum Gasteiger partial charge on any atom is 0.416 e. The third-order valence-corrected chi connectivity index (χ3v) is 7.40. The molecule has 1 fully saturated rings. The molecule has 0 aromatic heterocycles. The summed E-state index contributed by atoms with van der Waals surface area (Å²) in [7, 11) is 0. The molecular formula is C25H22BrClF3N5O. The van der Waals surface area contributed by atoms with Crippen LogP contribution in [0.25, 0.3) is 5.70 Å². The van der Waals surface area contributed by atoms with Crippen molar-refractivity contribution in [3.05, 3.63) is 76.4 Å². The number of amides is 1. The molecule has 36 heavy (non-hydrogen) atoms. The fraction of sp³-hybridized carbons (Fsp3) is 0.320. The van der Waals surface area contributed by atoms with Gasteiger partial charge < -0.3 is 15.1 Å². The van der Waals surface area contributed by atoms with E-state index in [1.165, 1.54) is 12.1 Å². The van der Waals surface area contributed by atoms with E-state index in [9.17, 15) is 18.0 Å². The molecule has 1 amide bonds. The Bertz CT molecular complexity index is 1270. The van der Waals surface area contributed by atoms with Crippen LogP contribution in [0, 0.1) is 0 Å². The van der Waals surface area contributed by atoms with Gasteiger partial charge in [-0.15, -0.1) is 0 Å². The number of nitrogens with zero attached hydrogens (tertiary/aromatic N) is 4. The van der Waals surface area contributed by atoms with Crippen LogP contribution in [0.3, 0.4) is 0 Å². The van der Waals surface area contributed by atoms with Crippen LogP contribution in [0.4, 0.5) is 13.2 Å². The molecule has 3 heterocycles. The van der Waals surface area contributed by atoms with Crippen molar-refractivity contribution in [1.82, 2.24) is 15.1 Å². The number of nitrogens with one attached hydrogen (secondary N) is 1. The highest BCUT2D eigenvalue weighted by atomic mass is 79.9. The van der Waals surface area contributed by atoms with Crippen molar-refractivity contribution >= 4 is 50.8 Å². The van der Waals surface area contributed by atoms with Crippen LogP contribution in [-0.4, -0.2) is 58.0 Å². The zero-order valence-electron chi connectivity index (χ0n) is 19.0. The van der Waals surface area contributed by atoms with Gasteiger partial charge in [-0.05, 0) is 37.1 Å². The molecule has 188 valence electrons. The third-order valence-electron chi connectivity index (χ3n) is 6.34. The van der Waals surface area contributed by atoms with Crippen LogP contribution in [0.1, 0.15) is 34.3 Å². The monoisotopic (exact) mass is 579 g/mol. The van der Waals surface area contributed by atoms with Gasteiger partial charge in [-0.1, -0.05) is 51.8 Å². The van der Waals surface area contributed by atoms with Gasteiger partial charge in [-0.2, -0.15) is 13.2 Å². The summed E-state index contributed by atoms with van der Waals surface area (Å²) in [6.07, 6.45) is -1.35. The number of amidine groups is 2. The smallest absolute Gasteiger partial charge is 0.338 e. The average molecular weight is 581 g/mol. The number of hydrogen-bond donors (Lipinski definition) is 1. The van der Waals surface area contributed by atoms with Crippen LogP contribution in [-0.2, 0) is 6.18 Å². The molecule has 2 aromatic carbocycles. The van der Waals surface area contributed by atoms with Gasteiger partial charge in [-0.3, -0.25) is 14.8 Å². The first kappa shape index (κ1) is 24.8. The molecule has 1 N–H and O–H groups in total. The van der Waals surface area contributed by atoms with Gasteiger partial charge in [0.05, 0.1) is 23.8 Å². The normalized spacial score (nSPS) is 21.7. The minimum absolute atomic E-state index is 0.00391. The number of aliphatic imine (C=N–C) groups is 2. The molecule has 3 aliphatic rings. The molecule has 1 saturated heterocycles. The number of likely N-dealkylation sites (tertiary alicyclic amines) is 1. The second-order valence-corrected chi connectivity index (χ2v) is 10.2. The van der Waals surface area contributed by atoms with Crippen molar-refractivity contribution in [2.75, 3.05) is 19.6 Å². The first-order chi connectivity index (χ1) is 17.2. The number of carbonyl (C=O) groups excluding carboxylic acids is 1. The molecular weight excluding hydrogens is 559 g/mol. The summed E-state index contributed by atoms with van der Waals surface area (Å²) in [5.74, 6) is 0.965. The Kier molecular flexibility index (Phi) is 6.82. The zero-order chi connectivity index (χ0) is 25.4. The minimum Gasteiger partial charge on any atom is -0.338 e. The number of halogens is 5. The lowest BCUT2D eigenvalue weighted by molar-refractivity contribution is -0.137. The van der Waals surface area contributed by atoms with Gasteiger partial charge in [0.25, 0.3) is 5.91 Å². The fourth-order valence-electron chi connectivity index (χ4n) is 4.46. The van der Waals surface area contributed by atoms with E-state index in [0.717, 1.165) is 29.2 Å².